The molecule has 0 saturated heterocycles. The largest absolute Gasteiger partial charge is 0.381 e. The Morgan fingerprint density at radius 3 is 2.62 bits per heavy atom. The van der Waals surface area contributed by atoms with E-state index in [0.29, 0.717) is 0 Å². The van der Waals surface area contributed by atoms with Crippen molar-refractivity contribution in [1.29, 1.82) is 0 Å². The molecule has 1 unspecified atom stereocenters. The van der Waals surface area contributed by atoms with E-state index >= 15 is 0 Å². The van der Waals surface area contributed by atoms with Gasteiger partial charge in [0.2, 0.25) is 12.5 Å². The molecule has 1 atom stereocenters. The van der Waals surface area contributed by atoms with Crippen molar-refractivity contribution in [3.63, 3.8) is 0 Å². The summed E-state index contributed by atoms with van der Waals surface area (Å²) in [6.07, 6.45) is 1.34. The lowest BCUT2D eigenvalue weighted by atomic mass is 10.2. The van der Waals surface area contributed by atoms with E-state index in [2.05, 4.69) is 9.97 Å². The minimum absolute atomic E-state index is 0.0667. The number of nitrogens with zero attached hydrogens (tertiary/aromatic N) is 3. The van der Waals surface area contributed by atoms with Crippen LogP contribution in [0.3, 0.4) is 0 Å². The summed E-state index contributed by atoms with van der Waals surface area (Å²) in [7, 11) is 0. The van der Waals surface area contributed by atoms with Crippen LogP contribution in [-0.2, 0) is 0 Å². The lowest BCUT2D eigenvalue weighted by Gasteiger charge is -2.04. The number of nitrogens with two attached hydrogens (primary N) is 1. The van der Waals surface area contributed by atoms with Gasteiger partial charge in [0, 0.05) is 22.9 Å². The smallest absolute Gasteiger partial charge is 0.233 e. The third-order valence-electron chi connectivity index (χ3n) is 1.40. The van der Waals surface area contributed by atoms with Gasteiger partial charge in [0.05, 0.1) is 0 Å². The minimum Gasteiger partial charge on any atom is -0.381 e. The standard InChI is InChI=1S/C6H8N4O3/c7-6-8-1-4(2-9-6)5(11)3-10(12)13/h1-2,5,11H,3H2,(H2,7,8,9). The van der Waals surface area contributed by atoms with E-state index in [-0.39, 0.29) is 11.5 Å². The maximum Gasteiger partial charge on any atom is 0.233 e. The van der Waals surface area contributed by atoms with Gasteiger partial charge in [0.15, 0.2) is 0 Å². The number of rotatable bonds is 3. The Morgan fingerprint density at radius 1 is 1.62 bits per heavy atom. The molecule has 7 nitrogen and oxygen atoms in total. The number of aromatic nitrogens is 2. The average molecular weight is 184 g/mol. The van der Waals surface area contributed by atoms with Crippen molar-refractivity contribution in [3.05, 3.63) is 28.1 Å². The van der Waals surface area contributed by atoms with Crippen LogP contribution in [-0.4, -0.2) is 26.5 Å². The predicted molar refractivity (Wildman–Crippen MR) is 43.3 cm³/mol. The lowest BCUT2D eigenvalue weighted by molar-refractivity contribution is -0.491. The van der Waals surface area contributed by atoms with E-state index in [9.17, 15) is 15.2 Å². The van der Waals surface area contributed by atoms with Crippen LogP contribution < -0.4 is 5.73 Å². The molecule has 1 aromatic rings. The van der Waals surface area contributed by atoms with Crippen LogP contribution in [0, 0.1) is 10.1 Å². The fourth-order valence-electron chi connectivity index (χ4n) is 0.767. The van der Waals surface area contributed by atoms with Crippen molar-refractivity contribution in [2.75, 3.05) is 12.3 Å². The van der Waals surface area contributed by atoms with Gasteiger partial charge in [-0.2, -0.15) is 0 Å². The molecule has 7 heteroatoms. The highest BCUT2D eigenvalue weighted by Gasteiger charge is 2.14. The second-order valence-electron chi connectivity index (χ2n) is 2.41. The molecular weight excluding hydrogens is 176 g/mol. The fraction of sp³-hybridized carbons (Fsp3) is 0.333. The molecule has 0 fully saturated rings. The molecule has 1 aromatic heterocycles. The van der Waals surface area contributed by atoms with Crippen LogP contribution in [0.5, 0.6) is 0 Å². The van der Waals surface area contributed by atoms with Gasteiger partial charge in [-0.15, -0.1) is 0 Å². The molecule has 0 aromatic carbocycles. The van der Waals surface area contributed by atoms with Gasteiger partial charge in [-0.05, 0) is 0 Å². The second-order valence-corrected chi connectivity index (χ2v) is 2.41. The van der Waals surface area contributed by atoms with Crippen molar-refractivity contribution >= 4 is 5.95 Å². The molecule has 1 heterocycles. The molecule has 0 saturated carbocycles. The maximum atomic E-state index is 10.0. The number of hydrogen-bond acceptors (Lipinski definition) is 6. The van der Waals surface area contributed by atoms with Crippen LogP contribution in [0.15, 0.2) is 12.4 Å². The number of nitro groups is 1. The van der Waals surface area contributed by atoms with E-state index in [1.54, 1.807) is 0 Å². The van der Waals surface area contributed by atoms with E-state index in [0.717, 1.165) is 0 Å². The summed E-state index contributed by atoms with van der Waals surface area (Å²) >= 11 is 0. The number of aliphatic hydroxyl groups excluding tert-OH is 1. The second kappa shape index (κ2) is 3.76. The van der Waals surface area contributed by atoms with Crippen LogP contribution in [0.1, 0.15) is 11.7 Å². The highest BCUT2D eigenvalue weighted by molar-refractivity contribution is 5.18. The highest BCUT2D eigenvalue weighted by Crippen LogP contribution is 2.10. The van der Waals surface area contributed by atoms with Crippen molar-refractivity contribution in [2.24, 2.45) is 0 Å². The molecule has 3 N–H and O–H groups in total. The molecule has 0 amide bonds. The Morgan fingerprint density at radius 2 is 2.15 bits per heavy atom. The molecule has 0 aliphatic rings. The summed E-state index contributed by atoms with van der Waals surface area (Å²) in [6, 6.07) is 0. The van der Waals surface area contributed by atoms with E-state index in [4.69, 9.17) is 5.73 Å². The minimum atomic E-state index is -1.18. The van der Waals surface area contributed by atoms with Crippen molar-refractivity contribution in [1.82, 2.24) is 9.97 Å². The summed E-state index contributed by atoms with van der Waals surface area (Å²) in [5.74, 6) is 0.0667. The summed E-state index contributed by atoms with van der Waals surface area (Å²) < 4.78 is 0. The Kier molecular flexibility index (Phi) is 2.70. The lowest BCUT2D eigenvalue weighted by Crippen LogP contribution is -2.12. The Labute approximate surface area is 73.4 Å². The van der Waals surface area contributed by atoms with Gasteiger partial charge in [-0.25, -0.2) is 9.97 Å². The van der Waals surface area contributed by atoms with Gasteiger partial charge in [-0.1, -0.05) is 0 Å². The normalized spacial score (nSPS) is 12.4. The number of aliphatic hydroxyl groups is 1. The highest BCUT2D eigenvalue weighted by atomic mass is 16.6. The van der Waals surface area contributed by atoms with Gasteiger partial charge in [0.1, 0.15) is 6.10 Å². The molecular formula is C6H8N4O3. The summed E-state index contributed by atoms with van der Waals surface area (Å²) in [6.45, 7) is -0.562. The third-order valence-corrected chi connectivity index (χ3v) is 1.40. The third kappa shape index (κ3) is 2.64. The van der Waals surface area contributed by atoms with Crippen molar-refractivity contribution in [2.45, 2.75) is 6.10 Å². The maximum absolute atomic E-state index is 10.0. The summed E-state index contributed by atoms with van der Waals surface area (Å²) in [5, 5.41) is 19.2. The summed E-state index contributed by atoms with van der Waals surface area (Å²) in [4.78, 5) is 16.6. The predicted octanol–water partition coefficient (Wildman–Crippen LogP) is -0.631. The quantitative estimate of drug-likeness (QED) is 0.477. The van der Waals surface area contributed by atoms with Gasteiger partial charge >= 0.3 is 0 Å². The van der Waals surface area contributed by atoms with E-state index < -0.39 is 17.6 Å². The van der Waals surface area contributed by atoms with Crippen LogP contribution in [0.2, 0.25) is 0 Å². The Hall–Kier alpha value is -1.76. The first kappa shape index (κ1) is 9.33. The monoisotopic (exact) mass is 184 g/mol. The van der Waals surface area contributed by atoms with Crippen LogP contribution in [0.25, 0.3) is 0 Å². The molecule has 0 bridgehead atoms. The molecule has 0 spiro atoms. The average Bonchev–Trinajstić information content (AvgIpc) is 2.04. The first-order chi connectivity index (χ1) is 6.09. The number of anilines is 1. The van der Waals surface area contributed by atoms with Crippen molar-refractivity contribution in [3.8, 4) is 0 Å². The topological polar surface area (TPSA) is 115 Å². The molecule has 0 radical (unpaired) electrons. The van der Waals surface area contributed by atoms with Gasteiger partial charge in [-0.3, -0.25) is 10.1 Å². The molecule has 0 aliphatic heterocycles. The zero-order valence-electron chi connectivity index (χ0n) is 6.62. The zero-order chi connectivity index (χ0) is 9.84. The summed E-state index contributed by atoms with van der Waals surface area (Å²) in [5.41, 5.74) is 5.47. The van der Waals surface area contributed by atoms with Gasteiger partial charge < -0.3 is 10.8 Å². The molecule has 0 aliphatic carbocycles. The van der Waals surface area contributed by atoms with E-state index in [1.807, 2.05) is 0 Å². The Balaban J connectivity index is 2.71. The Bertz CT molecular complexity index is 299. The molecule has 70 valence electrons. The SMILES string of the molecule is Nc1ncc(C(O)C[N+](=O)[O-])cn1. The fourth-order valence-corrected chi connectivity index (χ4v) is 0.767. The first-order valence-electron chi connectivity index (χ1n) is 3.47. The molecule has 13 heavy (non-hydrogen) atoms. The number of hydrogen-bond donors (Lipinski definition) is 2. The van der Waals surface area contributed by atoms with E-state index in [1.165, 1.54) is 12.4 Å². The molecule has 1 rings (SSSR count). The van der Waals surface area contributed by atoms with Crippen LogP contribution >= 0.6 is 0 Å². The zero-order valence-corrected chi connectivity index (χ0v) is 6.62. The first-order valence-corrected chi connectivity index (χ1v) is 3.47. The van der Waals surface area contributed by atoms with Gasteiger partial charge in [0.25, 0.3) is 0 Å². The number of nitrogen functional groups attached to an aromatic ring is 1. The van der Waals surface area contributed by atoms with Crippen LogP contribution in [0.4, 0.5) is 5.95 Å². The van der Waals surface area contributed by atoms with Crippen molar-refractivity contribution < 1.29 is 10.0 Å².